The lowest BCUT2D eigenvalue weighted by Crippen LogP contribution is -2.25. The summed E-state index contributed by atoms with van der Waals surface area (Å²) in [6.45, 7) is 1.65. The molecule has 0 aliphatic rings. The van der Waals surface area contributed by atoms with Crippen LogP contribution < -0.4 is 5.56 Å². The van der Waals surface area contributed by atoms with E-state index in [1.54, 1.807) is 0 Å². The fraction of sp³-hybridized carbons (Fsp3) is 0.105. The van der Waals surface area contributed by atoms with Crippen LogP contribution in [0.1, 0.15) is 16.1 Å². The number of nitro groups is 1. The third-order valence-corrected chi connectivity index (χ3v) is 4.51. The van der Waals surface area contributed by atoms with Gasteiger partial charge in [-0.05, 0) is 19.1 Å². The number of rotatable bonds is 4. The molecule has 2 aromatic heterocycles. The first kappa shape index (κ1) is 16.6. The summed E-state index contributed by atoms with van der Waals surface area (Å²) < 4.78 is 1.22. The summed E-state index contributed by atoms with van der Waals surface area (Å²) in [6, 6.07) is 11.3. The van der Waals surface area contributed by atoms with E-state index < -0.39 is 10.5 Å². The average Bonchev–Trinajstić information content (AvgIpc) is 2.99. The minimum atomic E-state index is -0.546. The molecule has 2 aromatic carbocycles. The monoisotopic (exact) mass is 362 g/mol. The molecule has 0 spiro atoms. The molecule has 0 saturated heterocycles. The zero-order valence-corrected chi connectivity index (χ0v) is 14.3. The number of Topliss-reactive ketones (excluding diaryl/α,β-unsaturated/α-hetero) is 1. The highest BCUT2D eigenvalue weighted by Crippen LogP contribution is 2.23. The average molecular weight is 362 g/mol. The predicted octanol–water partition coefficient (Wildman–Crippen LogP) is 2.98. The zero-order chi connectivity index (χ0) is 19.1. The summed E-state index contributed by atoms with van der Waals surface area (Å²) in [5.74, 6) is -0.213. The van der Waals surface area contributed by atoms with Crippen molar-refractivity contribution in [1.82, 2.24) is 14.5 Å². The summed E-state index contributed by atoms with van der Waals surface area (Å²) in [5, 5.41) is 11.9. The predicted molar refractivity (Wildman–Crippen MR) is 100 cm³/mol. The Hall–Kier alpha value is -3.81. The molecule has 4 rings (SSSR count). The lowest BCUT2D eigenvalue weighted by atomic mass is 10.1. The van der Waals surface area contributed by atoms with Gasteiger partial charge in [0.2, 0.25) is 0 Å². The molecule has 0 unspecified atom stereocenters. The highest BCUT2D eigenvalue weighted by molar-refractivity contribution is 6.09. The number of nitrogens with one attached hydrogen (secondary N) is 1. The number of fused-ring (bicyclic) bond motifs is 2. The molecule has 8 heteroatoms. The number of ketones is 1. The van der Waals surface area contributed by atoms with Crippen molar-refractivity contribution in [2.75, 3.05) is 0 Å². The number of aromatic nitrogens is 3. The fourth-order valence-electron chi connectivity index (χ4n) is 3.24. The van der Waals surface area contributed by atoms with Gasteiger partial charge in [-0.25, -0.2) is 4.98 Å². The number of aryl methyl sites for hydroxylation is 1. The molecule has 27 heavy (non-hydrogen) atoms. The first-order valence-corrected chi connectivity index (χ1v) is 8.20. The van der Waals surface area contributed by atoms with Crippen molar-refractivity contribution in [2.45, 2.75) is 13.5 Å². The lowest BCUT2D eigenvalue weighted by molar-refractivity contribution is -0.384. The summed E-state index contributed by atoms with van der Waals surface area (Å²) in [7, 11) is 0. The normalized spacial score (nSPS) is 11.1. The van der Waals surface area contributed by atoms with Crippen LogP contribution in [0.5, 0.6) is 0 Å². The number of hydrogen-bond acceptors (Lipinski definition) is 5. The second-order valence-corrected chi connectivity index (χ2v) is 6.23. The van der Waals surface area contributed by atoms with E-state index in [0.717, 1.165) is 16.6 Å². The minimum absolute atomic E-state index is 0.141. The quantitative estimate of drug-likeness (QED) is 0.341. The SMILES string of the molecule is Cc1[nH]c2ccccc2c1C(=O)Cn1cnc2cc([N+](=O)[O-])ccc2c1=O. The van der Waals surface area contributed by atoms with Crippen LogP contribution in [0.25, 0.3) is 21.8 Å². The number of carbonyl (C=O) groups excluding carboxylic acids is 1. The number of benzene rings is 2. The van der Waals surface area contributed by atoms with Crippen LogP contribution in [0.4, 0.5) is 5.69 Å². The Balaban J connectivity index is 1.75. The number of non-ortho nitro benzene ring substituents is 1. The molecule has 0 aliphatic heterocycles. The molecular weight excluding hydrogens is 348 g/mol. The Bertz CT molecular complexity index is 1290. The number of para-hydroxylation sites is 1. The molecule has 1 N–H and O–H groups in total. The number of nitro benzene ring substituents is 1. The molecular formula is C19H14N4O4. The van der Waals surface area contributed by atoms with Gasteiger partial charge in [0.1, 0.15) is 0 Å². The summed E-state index contributed by atoms with van der Waals surface area (Å²) >= 11 is 0. The number of H-pyrrole nitrogens is 1. The van der Waals surface area contributed by atoms with Crippen molar-refractivity contribution in [2.24, 2.45) is 0 Å². The highest BCUT2D eigenvalue weighted by atomic mass is 16.6. The number of aromatic amines is 1. The van der Waals surface area contributed by atoms with E-state index in [1.165, 1.54) is 29.1 Å². The van der Waals surface area contributed by atoms with Gasteiger partial charge in [0, 0.05) is 34.3 Å². The van der Waals surface area contributed by atoms with Crippen molar-refractivity contribution in [1.29, 1.82) is 0 Å². The molecule has 134 valence electrons. The maximum atomic E-state index is 12.8. The highest BCUT2D eigenvalue weighted by Gasteiger charge is 2.18. The van der Waals surface area contributed by atoms with Crippen molar-refractivity contribution < 1.29 is 9.72 Å². The number of hydrogen-bond donors (Lipinski definition) is 1. The van der Waals surface area contributed by atoms with Crippen LogP contribution in [0, 0.1) is 17.0 Å². The lowest BCUT2D eigenvalue weighted by Gasteiger charge is -2.06. The smallest absolute Gasteiger partial charge is 0.271 e. The molecule has 2 heterocycles. The van der Waals surface area contributed by atoms with Gasteiger partial charge in [0.05, 0.1) is 28.7 Å². The second-order valence-electron chi connectivity index (χ2n) is 6.23. The van der Waals surface area contributed by atoms with Gasteiger partial charge < -0.3 is 4.98 Å². The minimum Gasteiger partial charge on any atom is -0.358 e. The van der Waals surface area contributed by atoms with Crippen LogP contribution in [0.15, 0.2) is 53.6 Å². The van der Waals surface area contributed by atoms with E-state index in [0.29, 0.717) is 5.56 Å². The topological polar surface area (TPSA) is 111 Å². The van der Waals surface area contributed by atoms with Gasteiger partial charge in [0.25, 0.3) is 11.2 Å². The van der Waals surface area contributed by atoms with Gasteiger partial charge in [0.15, 0.2) is 5.78 Å². The molecule has 0 fully saturated rings. The van der Waals surface area contributed by atoms with Crippen LogP contribution >= 0.6 is 0 Å². The molecule has 0 atom stereocenters. The van der Waals surface area contributed by atoms with Gasteiger partial charge in [-0.15, -0.1) is 0 Å². The molecule has 0 aliphatic carbocycles. The Morgan fingerprint density at radius 1 is 1.22 bits per heavy atom. The van der Waals surface area contributed by atoms with Crippen LogP contribution in [-0.4, -0.2) is 25.2 Å². The molecule has 0 amide bonds. The van der Waals surface area contributed by atoms with Gasteiger partial charge in [-0.2, -0.15) is 0 Å². The standard InChI is InChI=1S/C19H14N4O4/c1-11-18(13-4-2-3-5-15(13)21-11)17(24)9-22-10-20-16-8-12(23(26)27)6-7-14(16)19(22)25/h2-8,10,21H,9H2,1H3. The molecule has 0 bridgehead atoms. The molecule has 0 radical (unpaired) electrons. The largest absolute Gasteiger partial charge is 0.358 e. The summed E-state index contributed by atoms with van der Waals surface area (Å²) in [4.78, 5) is 43.1. The number of carbonyl (C=O) groups is 1. The Morgan fingerprint density at radius 3 is 2.78 bits per heavy atom. The Morgan fingerprint density at radius 2 is 2.00 bits per heavy atom. The molecule has 0 saturated carbocycles. The maximum absolute atomic E-state index is 12.8. The van der Waals surface area contributed by atoms with E-state index in [1.807, 2.05) is 31.2 Å². The van der Waals surface area contributed by atoms with Crippen molar-refractivity contribution in [3.8, 4) is 0 Å². The van der Waals surface area contributed by atoms with E-state index in [2.05, 4.69) is 9.97 Å². The number of nitrogens with zero attached hydrogens (tertiary/aromatic N) is 3. The van der Waals surface area contributed by atoms with Crippen molar-refractivity contribution >= 4 is 33.3 Å². The third-order valence-electron chi connectivity index (χ3n) is 4.51. The Kier molecular flexibility index (Phi) is 3.80. The first-order valence-electron chi connectivity index (χ1n) is 8.20. The maximum Gasteiger partial charge on any atom is 0.271 e. The molecule has 4 aromatic rings. The second kappa shape index (κ2) is 6.17. The first-order chi connectivity index (χ1) is 13.0. The van der Waals surface area contributed by atoms with E-state index >= 15 is 0 Å². The van der Waals surface area contributed by atoms with Crippen molar-refractivity contribution in [3.63, 3.8) is 0 Å². The van der Waals surface area contributed by atoms with Gasteiger partial charge in [-0.3, -0.25) is 24.3 Å². The third kappa shape index (κ3) is 2.77. The van der Waals surface area contributed by atoms with Gasteiger partial charge in [-0.1, -0.05) is 18.2 Å². The van der Waals surface area contributed by atoms with E-state index in [-0.39, 0.29) is 28.9 Å². The Labute approximate surface area is 152 Å². The molecule has 8 nitrogen and oxygen atoms in total. The van der Waals surface area contributed by atoms with E-state index in [9.17, 15) is 19.7 Å². The van der Waals surface area contributed by atoms with Gasteiger partial charge >= 0.3 is 0 Å². The van der Waals surface area contributed by atoms with Crippen molar-refractivity contribution in [3.05, 3.63) is 80.5 Å². The van der Waals surface area contributed by atoms with E-state index in [4.69, 9.17) is 0 Å². The summed E-state index contributed by atoms with van der Waals surface area (Å²) in [6.07, 6.45) is 1.25. The zero-order valence-electron chi connectivity index (χ0n) is 14.3. The summed E-state index contributed by atoms with van der Waals surface area (Å²) in [5.41, 5.74) is 1.80. The fourth-order valence-corrected chi connectivity index (χ4v) is 3.24. The van der Waals surface area contributed by atoms with Crippen LogP contribution in [-0.2, 0) is 6.54 Å². The van der Waals surface area contributed by atoms with Crippen LogP contribution in [0.2, 0.25) is 0 Å². The van der Waals surface area contributed by atoms with Crippen LogP contribution in [0.3, 0.4) is 0 Å².